The normalized spacial score (nSPS) is 11.0. The van der Waals surface area contributed by atoms with Crippen molar-refractivity contribution < 1.29 is 19.4 Å². The number of carboxylic acid groups (broad SMARTS) is 1. The number of carbonyl (C=O) groups is 1. The predicted octanol–water partition coefficient (Wildman–Crippen LogP) is 2.73. The first kappa shape index (κ1) is 19.0. The first-order valence-corrected chi connectivity index (χ1v) is 8.41. The second-order valence-electron chi connectivity index (χ2n) is 4.53. The van der Waals surface area contributed by atoms with Crippen molar-refractivity contribution in [2.24, 2.45) is 0 Å². The fraction of sp³-hybridized carbons (Fsp3) is 0.267. The first-order chi connectivity index (χ1) is 11.5. The number of nitrogens with zero attached hydrogens (tertiary/aromatic N) is 2. The van der Waals surface area contributed by atoms with Crippen LogP contribution in [0.1, 0.15) is 27.9 Å². The first-order valence-electron chi connectivity index (χ1n) is 6.67. The van der Waals surface area contributed by atoms with E-state index in [2.05, 4.69) is 9.97 Å². The van der Waals surface area contributed by atoms with Gasteiger partial charge in [0.15, 0.2) is 5.16 Å². The Morgan fingerprint density at radius 2 is 1.92 bits per heavy atom. The summed E-state index contributed by atoms with van der Waals surface area (Å²) in [5, 5.41) is 12.6. The van der Waals surface area contributed by atoms with Crippen molar-refractivity contribution in [3.63, 3.8) is 0 Å². The van der Waals surface area contributed by atoms with Crippen LogP contribution in [0.25, 0.3) is 0 Å². The number of aromatic nitrogens is 2. The number of aromatic carboxylic acids is 1. The summed E-state index contributed by atoms with van der Waals surface area (Å²) in [6, 6.07) is 5.23. The van der Waals surface area contributed by atoms with E-state index in [0.717, 1.165) is 5.56 Å². The van der Waals surface area contributed by atoms with Gasteiger partial charge >= 0.3 is 0 Å². The van der Waals surface area contributed by atoms with Gasteiger partial charge in [-0.3, -0.25) is 0 Å². The van der Waals surface area contributed by atoms with Crippen LogP contribution in [0.5, 0.6) is 0 Å². The maximum absolute atomic E-state index is 11.2. The summed E-state index contributed by atoms with van der Waals surface area (Å²) in [5.41, 5.74) is 0.640. The van der Waals surface area contributed by atoms with E-state index in [9.17, 15) is 9.90 Å². The quantitative estimate of drug-likeness (QED) is 0.410. The van der Waals surface area contributed by atoms with Gasteiger partial charge in [-0.05, 0) is 17.7 Å². The van der Waals surface area contributed by atoms with E-state index >= 15 is 0 Å². The van der Waals surface area contributed by atoms with Crippen molar-refractivity contribution in [2.45, 2.75) is 17.2 Å². The maximum Gasteiger partial charge on any atom is 0.201 e. The molecule has 0 aliphatic rings. The molecule has 0 fully saturated rings. The number of hydrogen-bond acceptors (Lipinski definition) is 7. The van der Waals surface area contributed by atoms with E-state index < -0.39 is 12.3 Å². The molecular formula is C15H13Cl2N2O4S-. The Balaban J connectivity index is 2.28. The number of rotatable bonds is 7. The molecule has 0 bridgehead atoms. The summed E-state index contributed by atoms with van der Waals surface area (Å²) >= 11 is 13.5. The molecule has 0 radical (unpaired) electrons. The standard InChI is InChI=1S/C15H14Cl2N2O4S/c1-22-14(23-2)12-8(13(20)21)6-18-15(19-12)24-7-9-10(16)4-3-5-11(9)17/h3-6,14H,7H2,1-2H3,(H,20,21)/p-1. The topological polar surface area (TPSA) is 84.4 Å². The third-order valence-electron chi connectivity index (χ3n) is 3.07. The molecule has 0 saturated heterocycles. The zero-order chi connectivity index (χ0) is 17.7. The summed E-state index contributed by atoms with van der Waals surface area (Å²) in [6.45, 7) is 0. The summed E-state index contributed by atoms with van der Waals surface area (Å²) in [5.74, 6) is -0.984. The summed E-state index contributed by atoms with van der Waals surface area (Å²) in [6.07, 6.45) is 0.225. The van der Waals surface area contributed by atoms with Crippen molar-refractivity contribution in [3.05, 3.63) is 51.3 Å². The van der Waals surface area contributed by atoms with Gasteiger partial charge in [-0.15, -0.1) is 0 Å². The van der Waals surface area contributed by atoms with E-state index in [1.165, 1.54) is 32.2 Å². The Kier molecular flexibility index (Phi) is 6.82. The van der Waals surface area contributed by atoms with Gasteiger partial charge in [0.1, 0.15) is 5.69 Å². The molecule has 0 saturated carbocycles. The second kappa shape index (κ2) is 8.64. The predicted molar refractivity (Wildman–Crippen MR) is 89.1 cm³/mol. The van der Waals surface area contributed by atoms with E-state index in [1.807, 2.05) is 0 Å². The summed E-state index contributed by atoms with van der Waals surface area (Å²) in [4.78, 5) is 19.4. The van der Waals surface area contributed by atoms with Crippen LogP contribution in [0.15, 0.2) is 29.6 Å². The average molecular weight is 388 g/mol. The third-order valence-corrected chi connectivity index (χ3v) is 4.67. The van der Waals surface area contributed by atoms with E-state index in [0.29, 0.717) is 21.0 Å². The minimum Gasteiger partial charge on any atom is -0.545 e. The molecule has 0 aliphatic heterocycles. The van der Waals surface area contributed by atoms with Crippen molar-refractivity contribution in [1.29, 1.82) is 0 Å². The van der Waals surface area contributed by atoms with Crippen molar-refractivity contribution in [3.8, 4) is 0 Å². The van der Waals surface area contributed by atoms with E-state index in [4.69, 9.17) is 32.7 Å². The number of halogens is 2. The Labute approximate surface area is 153 Å². The largest absolute Gasteiger partial charge is 0.545 e. The lowest BCUT2D eigenvalue weighted by Crippen LogP contribution is -2.26. The number of carbonyl (C=O) groups excluding carboxylic acids is 1. The molecule has 6 nitrogen and oxygen atoms in total. The smallest absolute Gasteiger partial charge is 0.201 e. The zero-order valence-corrected chi connectivity index (χ0v) is 15.1. The zero-order valence-electron chi connectivity index (χ0n) is 12.8. The van der Waals surface area contributed by atoms with Gasteiger partial charge in [-0.25, -0.2) is 9.97 Å². The van der Waals surface area contributed by atoms with Crippen molar-refractivity contribution >= 4 is 40.9 Å². The van der Waals surface area contributed by atoms with Crippen LogP contribution < -0.4 is 5.11 Å². The molecule has 1 aromatic heterocycles. The number of ether oxygens (including phenoxy) is 2. The van der Waals surface area contributed by atoms with Crippen LogP contribution in [-0.2, 0) is 15.2 Å². The second-order valence-corrected chi connectivity index (χ2v) is 6.29. The fourth-order valence-corrected chi connectivity index (χ4v) is 3.48. The van der Waals surface area contributed by atoms with Gasteiger partial charge in [0.2, 0.25) is 6.29 Å². The Hall–Kier alpha value is -1.38. The minimum atomic E-state index is -1.41. The molecule has 1 aromatic carbocycles. The lowest BCUT2D eigenvalue weighted by Gasteiger charge is -2.17. The van der Waals surface area contributed by atoms with Crippen molar-refractivity contribution in [1.82, 2.24) is 9.97 Å². The van der Waals surface area contributed by atoms with Crippen LogP contribution in [-0.4, -0.2) is 30.2 Å². The molecule has 0 N–H and O–H groups in total. The van der Waals surface area contributed by atoms with Crippen LogP contribution in [0.4, 0.5) is 0 Å². The monoisotopic (exact) mass is 387 g/mol. The lowest BCUT2D eigenvalue weighted by molar-refractivity contribution is -0.255. The average Bonchev–Trinajstić information content (AvgIpc) is 2.55. The number of hydrogen-bond donors (Lipinski definition) is 0. The molecule has 0 aliphatic carbocycles. The molecule has 0 unspecified atom stereocenters. The number of methoxy groups -OCH3 is 2. The highest BCUT2D eigenvalue weighted by Gasteiger charge is 2.19. The molecule has 24 heavy (non-hydrogen) atoms. The van der Waals surface area contributed by atoms with E-state index in [-0.39, 0.29) is 11.3 Å². The minimum absolute atomic E-state index is 0.0859. The van der Waals surface area contributed by atoms with Crippen LogP contribution >= 0.6 is 35.0 Å². The highest BCUT2D eigenvalue weighted by Crippen LogP contribution is 2.31. The third kappa shape index (κ3) is 4.37. The summed E-state index contributed by atoms with van der Waals surface area (Å²) in [7, 11) is 2.76. The fourth-order valence-electron chi connectivity index (χ4n) is 1.91. The van der Waals surface area contributed by atoms with E-state index in [1.54, 1.807) is 18.2 Å². The van der Waals surface area contributed by atoms with Crippen LogP contribution in [0, 0.1) is 0 Å². The Morgan fingerprint density at radius 3 is 2.46 bits per heavy atom. The van der Waals surface area contributed by atoms with Gasteiger partial charge in [0.25, 0.3) is 0 Å². The number of carboxylic acids is 1. The van der Waals surface area contributed by atoms with Crippen LogP contribution in [0.2, 0.25) is 10.0 Å². The molecule has 2 rings (SSSR count). The molecule has 0 amide bonds. The summed E-state index contributed by atoms with van der Waals surface area (Å²) < 4.78 is 10.2. The number of thioether (sulfide) groups is 1. The molecular weight excluding hydrogens is 375 g/mol. The van der Waals surface area contributed by atoms with Gasteiger partial charge < -0.3 is 19.4 Å². The molecule has 0 spiro atoms. The van der Waals surface area contributed by atoms with Gasteiger partial charge in [-0.2, -0.15) is 0 Å². The van der Waals surface area contributed by atoms with Gasteiger partial charge in [0, 0.05) is 41.8 Å². The SMILES string of the molecule is COC(OC)c1nc(SCc2c(Cl)cccc2Cl)ncc1C(=O)[O-]. The Morgan fingerprint density at radius 1 is 1.29 bits per heavy atom. The number of benzene rings is 1. The molecule has 2 aromatic rings. The Bertz CT molecular complexity index is 721. The maximum atomic E-state index is 11.2. The molecule has 0 atom stereocenters. The highest BCUT2D eigenvalue weighted by atomic mass is 35.5. The van der Waals surface area contributed by atoms with Gasteiger partial charge in [0.05, 0.1) is 5.97 Å². The lowest BCUT2D eigenvalue weighted by atomic mass is 10.2. The van der Waals surface area contributed by atoms with Crippen LogP contribution in [0.3, 0.4) is 0 Å². The van der Waals surface area contributed by atoms with Gasteiger partial charge in [-0.1, -0.05) is 41.0 Å². The molecule has 1 heterocycles. The molecule has 128 valence electrons. The highest BCUT2D eigenvalue weighted by molar-refractivity contribution is 7.98. The molecule has 9 heteroatoms. The van der Waals surface area contributed by atoms with Crippen molar-refractivity contribution in [2.75, 3.05) is 14.2 Å².